The number of fused-ring (bicyclic) bond motifs is 2. The number of imide groups is 1. The van der Waals surface area contributed by atoms with Crippen LogP contribution in [0.3, 0.4) is 0 Å². The molecule has 3 amide bonds. The summed E-state index contributed by atoms with van der Waals surface area (Å²) in [5.41, 5.74) is 14.0. The van der Waals surface area contributed by atoms with Crippen molar-refractivity contribution < 1.29 is 9.59 Å². The zero-order valence-corrected chi connectivity index (χ0v) is 15.9. The Labute approximate surface area is 152 Å². The Kier molecular flexibility index (Phi) is 4.92. The van der Waals surface area contributed by atoms with Gasteiger partial charge in [-0.1, -0.05) is 0 Å². The van der Waals surface area contributed by atoms with Crippen LogP contribution in [-0.2, 0) is 17.6 Å². The maximum absolute atomic E-state index is 12.9. The predicted octanol–water partition coefficient (Wildman–Crippen LogP) is 1.14. The molecule has 1 saturated heterocycles. The quantitative estimate of drug-likeness (QED) is 0.729. The number of urea groups is 1. The number of rotatable bonds is 2. The normalized spacial score (nSPS) is 25.8. The number of nitrogens with one attached hydrogen (secondary N) is 1. The summed E-state index contributed by atoms with van der Waals surface area (Å²) in [5.74, 6) is 0.109. The summed E-state index contributed by atoms with van der Waals surface area (Å²) in [7, 11) is 3.62. The second-order valence-corrected chi connectivity index (χ2v) is 8.16. The Morgan fingerprint density at radius 1 is 1.36 bits per heavy atom. The van der Waals surface area contributed by atoms with Gasteiger partial charge in [0.25, 0.3) is 0 Å². The minimum atomic E-state index is -0.335. The highest BCUT2D eigenvalue weighted by atomic mass is 32.1. The summed E-state index contributed by atoms with van der Waals surface area (Å²) in [6.45, 7) is 2.88. The van der Waals surface area contributed by atoms with Crippen LogP contribution in [-0.4, -0.2) is 55.0 Å². The highest BCUT2D eigenvalue weighted by Crippen LogP contribution is 2.44. The van der Waals surface area contributed by atoms with Crippen molar-refractivity contribution in [2.45, 2.75) is 32.2 Å². The molecule has 2 aliphatic rings. The summed E-state index contributed by atoms with van der Waals surface area (Å²) < 4.78 is 0. The first kappa shape index (κ1) is 18.0. The second kappa shape index (κ2) is 6.84. The summed E-state index contributed by atoms with van der Waals surface area (Å²) in [4.78, 5) is 29.7. The van der Waals surface area contributed by atoms with E-state index in [-0.39, 0.29) is 17.9 Å². The van der Waals surface area contributed by atoms with E-state index >= 15 is 0 Å². The van der Waals surface area contributed by atoms with Gasteiger partial charge in [0.1, 0.15) is 5.00 Å². The molecular weight excluding hydrogens is 338 g/mol. The van der Waals surface area contributed by atoms with Crippen molar-refractivity contribution >= 4 is 34.0 Å². The van der Waals surface area contributed by atoms with E-state index in [0.717, 1.165) is 24.9 Å². The van der Waals surface area contributed by atoms with Crippen LogP contribution in [0.2, 0.25) is 0 Å². The molecule has 0 unspecified atom stereocenters. The van der Waals surface area contributed by atoms with Crippen LogP contribution < -0.4 is 16.8 Å². The largest absolute Gasteiger partial charge is 0.396 e. The van der Waals surface area contributed by atoms with Crippen LogP contribution in [0.15, 0.2) is 0 Å². The van der Waals surface area contributed by atoms with Crippen molar-refractivity contribution in [1.82, 2.24) is 15.1 Å². The molecule has 1 aliphatic carbocycles. The number of hydrogen-bond donors (Lipinski definition) is 3. The monoisotopic (exact) mass is 365 g/mol. The molecule has 0 saturated carbocycles. The summed E-state index contributed by atoms with van der Waals surface area (Å²) in [6, 6.07) is 0.0714. The van der Waals surface area contributed by atoms with Crippen molar-refractivity contribution in [2.75, 3.05) is 38.7 Å². The van der Waals surface area contributed by atoms with Crippen LogP contribution in [0.25, 0.3) is 0 Å². The third-order valence-corrected chi connectivity index (χ3v) is 6.72. The maximum atomic E-state index is 12.9. The second-order valence-electron chi connectivity index (χ2n) is 7.03. The van der Waals surface area contributed by atoms with Crippen LogP contribution in [0, 0.1) is 11.8 Å². The van der Waals surface area contributed by atoms with Gasteiger partial charge in [-0.3, -0.25) is 9.69 Å². The lowest BCUT2D eigenvalue weighted by Crippen LogP contribution is -2.55. The Bertz CT molecular complexity index is 689. The minimum absolute atomic E-state index is 0.0873. The molecule has 0 radical (unpaired) electrons. The standard InChI is InChI=1S/C17H27N5O2S/c1-4-22(17(24)20-2)16(23)10-5-9-6-11-13(25-15(19)14(11)18)7-12(9)21(3)8-10/h9-10,12H,4-8,18-19H2,1-3H3,(H,20,24)/t9-,10-,12-/m1/s1. The average molecular weight is 366 g/mol. The highest BCUT2D eigenvalue weighted by molar-refractivity contribution is 7.16. The lowest BCUT2D eigenvalue weighted by molar-refractivity contribution is -0.135. The zero-order chi connectivity index (χ0) is 18.3. The summed E-state index contributed by atoms with van der Waals surface area (Å²) >= 11 is 1.60. The van der Waals surface area contributed by atoms with Crippen molar-refractivity contribution in [3.8, 4) is 0 Å². The highest BCUT2D eigenvalue weighted by Gasteiger charge is 2.42. The number of nitrogens with zero attached hydrogens (tertiary/aromatic N) is 2. The predicted molar refractivity (Wildman–Crippen MR) is 100 cm³/mol. The van der Waals surface area contributed by atoms with Crippen molar-refractivity contribution in [3.63, 3.8) is 0 Å². The van der Waals surface area contributed by atoms with Gasteiger partial charge < -0.3 is 21.7 Å². The molecule has 0 aromatic carbocycles. The number of hydrogen-bond acceptors (Lipinski definition) is 6. The Morgan fingerprint density at radius 3 is 2.72 bits per heavy atom. The van der Waals surface area contributed by atoms with Gasteiger partial charge >= 0.3 is 6.03 Å². The lowest BCUT2D eigenvalue weighted by Gasteiger charge is -2.45. The Balaban J connectivity index is 1.79. The number of anilines is 2. The van der Waals surface area contributed by atoms with Crippen molar-refractivity contribution in [3.05, 3.63) is 10.4 Å². The Morgan fingerprint density at radius 2 is 2.08 bits per heavy atom. The van der Waals surface area contributed by atoms with E-state index in [2.05, 4.69) is 17.3 Å². The molecule has 138 valence electrons. The average Bonchev–Trinajstić information content (AvgIpc) is 2.87. The molecule has 0 bridgehead atoms. The fraction of sp³-hybridized carbons (Fsp3) is 0.647. The van der Waals surface area contributed by atoms with Gasteiger partial charge in [-0.2, -0.15) is 0 Å². The van der Waals surface area contributed by atoms with E-state index in [1.165, 1.54) is 15.3 Å². The number of amides is 3. The third kappa shape index (κ3) is 3.08. The number of nitrogens with two attached hydrogens (primary N) is 2. The number of thiophene rings is 1. The fourth-order valence-electron chi connectivity index (χ4n) is 4.30. The molecule has 2 heterocycles. The van der Waals surface area contributed by atoms with Crippen LogP contribution in [0.4, 0.5) is 15.5 Å². The molecule has 0 spiro atoms. The molecule has 7 nitrogen and oxygen atoms in total. The van der Waals surface area contributed by atoms with E-state index in [4.69, 9.17) is 11.5 Å². The molecular formula is C17H27N5O2S. The smallest absolute Gasteiger partial charge is 0.323 e. The molecule has 5 N–H and O–H groups in total. The molecule has 1 aliphatic heterocycles. The SMILES string of the molecule is CCN(C(=O)NC)C(=O)[C@@H]1C[C@@H]2Cc3c(sc(N)c3N)C[C@H]2N(C)C1. The lowest BCUT2D eigenvalue weighted by atomic mass is 9.74. The number of likely N-dealkylation sites (N-methyl/N-ethyl adjacent to an activating group) is 1. The number of nitrogen functional groups attached to an aromatic ring is 2. The van der Waals surface area contributed by atoms with E-state index in [1.807, 2.05) is 6.92 Å². The molecule has 1 aromatic heterocycles. The molecule has 1 aromatic rings. The van der Waals surface area contributed by atoms with Gasteiger partial charge in [0.15, 0.2) is 0 Å². The van der Waals surface area contributed by atoms with Gasteiger partial charge in [-0.15, -0.1) is 11.3 Å². The topological polar surface area (TPSA) is 105 Å². The van der Waals surface area contributed by atoms with Gasteiger partial charge in [-0.05, 0) is 44.7 Å². The van der Waals surface area contributed by atoms with E-state index in [9.17, 15) is 9.59 Å². The number of likely N-dealkylation sites (tertiary alicyclic amines) is 1. The van der Waals surface area contributed by atoms with Crippen molar-refractivity contribution in [1.29, 1.82) is 0 Å². The van der Waals surface area contributed by atoms with Gasteiger partial charge in [0, 0.05) is 31.1 Å². The van der Waals surface area contributed by atoms with E-state index in [0.29, 0.717) is 30.1 Å². The van der Waals surface area contributed by atoms with Gasteiger partial charge in [-0.25, -0.2) is 4.79 Å². The first-order chi connectivity index (χ1) is 11.9. The van der Waals surface area contributed by atoms with Gasteiger partial charge in [0.2, 0.25) is 5.91 Å². The van der Waals surface area contributed by atoms with E-state index < -0.39 is 0 Å². The van der Waals surface area contributed by atoms with E-state index in [1.54, 1.807) is 18.4 Å². The third-order valence-electron chi connectivity index (χ3n) is 5.62. The summed E-state index contributed by atoms with van der Waals surface area (Å²) in [6.07, 6.45) is 2.59. The van der Waals surface area contributed by atoms with Crippen LogP contribution in [0.1, 0.15) is 23.8 Å². The van der Waals surface area contributed by atoms with Gasteiger partial charge in [0.05, 0.1) is 11.6 Å². The first-order valence-electron chi connectivity index (χ1n) is 8.76. The van der Waals surface area contributed by atoms with Crippen molar-refractivity contribution in [2.24, 2.45) is 11.8 Å². The van der Waals surface area contributed by atoms with Crippen LogP contribution in [0.5, 0.6) is 0 Å². The fourth-order valence-corrected chi connectivity index (χ4v) is 5.37. The number of piperidine rings is 1. The molecule has 1 fully saturated rings. The Hall–Kier alpha value is -1.80. The minimum Gasteiger partial charge on any atom is -0.396 e. The molecule has 8 heteroatoms. The molecule has 25 heavy (non-hydrogen) atoms. The maximum Gasteiger partial charge on any atom is 0.323 e. The zero-order valence-electron chi connectivity index (χ0n) is 15.0. The van der Waals surface area contributed by atoms with Crippen LogP contribution >= 0.6 is 11.3 Å². The number of carbonyl (C=O) groups excluding carboxylic acids is 2. The number of carbonyl (C=O) groups is 2. The molecule has 3 atom stereocenters. The first-order valence-corrected chi connectivity index (χ1v) is 9.57. The molecule has 3 rings (SSSR count). The summed E-state index contributed by atoms with van der Waals surface area (Å²) in [5, 5.41) is 3.25.